The van der Waals surface area contributed by atoms with E-state index in [-0.39, 0.29) is 0 Å². The van der Waals surface area contributed by atoms with Gasteiger partial charge in [0.25, 0.3) is 0 Å². The Balaban J connectivity index is 1.84. The van der Waals surface area contributed by atoms with Crippen molar-refractivity contribution in [1.29, 1.82) is 0 Å². The van der Waals surface area contributed by atoms with Gasteiger partial charge in [-0.3, -0.25) is 0 Å². The van der Waals surface area contributed by atoms with Crippen molar-refractivity contribution >= 4 is 16.8 Å². The van der Waals surface area contributed by atoms with Gasteiger partial charge in [0.1, 0.15) is 5.52 Å². The van der Waals surface area contributed by atoms with Gasteiger partial charge in [0.05, 0.1) is 0 Å². The van der Waals surface area contributed by atoms with Crippen LogP contribution in [0.2, 0.25) is 0 Å². The summed E-state index contributed by atoms with van der Waals surface area (Å²) in [5.74, 6) is 0.988. The highest BCUT2D eigenvalue weighted by atomic mass is 16.3. The number of hydrogen-bond donors (Lipinski definition) is 1. The van der Waals surface area contributed by atoms with Gasteiger partial charge < -0.3 is 10.2 Å². The lowest BCUT2D eigenvalue weighted by molar-refractivity contribution is 0.618. The Morgan fingerprint density at radius 2 is 1.68 bits per heavy atom. The molecule has 4 aromatic rings. The molecule has 0 aliphatic carbocycles. The predicted octanol–water partition coefficient (Wildman–Crippen LogP) is 5.87. The molecule has 0 aliphatic rings. The normalized spacial score (nSPS) is 11.3. The number of fused-ring (bicyclic) bond motifs is 1. The van der Waals surface area contributed by atoms with Gasteiger partial charge in [0, 0.05) is 11.3 Å². The fraction of sp³-hybridized carbons (Fsp3) is 0.136. The van der Waals surface area contributed by atoms with E-state index in [4.69, 9.17) is 15.1 Å². The quantitative estimate of drug-likeness (QED) is 0.479. The van der Waals surface area contributed by atoms with E-state index in [1.165, 1.54) is 11.1 Å². The van der Waals surface area contributed by atoms with Crippen LogP contribution in [0.3, 0.4) is 0 Å². The Morgan fingerprint density at radius 3 is 2.44 bits per heavy atom. The molecular weight excluding hydrogens is 308 g/mol. The van der Waals surface area contributed by atoms with Gasteiger partial charge in [-0.05, 0) is 46.9 Å². The summed E-state index contributed by atoms with van der Waals surface area (Å²) in [4.78, 5) is 4.73. The molecule has 0 bridgehead atoms. The molecule has 0 fully saturated rings. The second-order valence-electron chi connectivity index (χ2n) is 6.57. The number of aromatic nitrogens is 1. The summed E-state index contributed by atoms with van der Waals surface area (Å²) >= 11 is 0. The molecule has 0 amide bonds. The Labute approximate surface area is 147 Å². The van der Waals surface area contributed by atoms with Gasteiger partial charge in [-0.1, -0.05) is 56.3 Å². The standard InChI is InChI=1S/C22H20N2O/c1-14(2)18-10-9-17(23)13-19(18)22-24-20-12-16(8-11-21(20)25-22)15-6-4-3-5-7-15/h3-14H,23H2,1-2H3. The number of nitrogen functional groups attached to an aromatic ring is 1. The molecule has 3 aromatic carbocycles. The fourth-order valence-corrected chi connectivity index (χ4v) is 3.12. The van der Waals surface area contributed by atoms with E-state index >= 15 is 0 Å². The summed E-state index contributed by atoms with van der Waals surface area (Å²) < 4.78 is 6.02. The molecule has 0 aliphatic heterocycles. The van der Waals surface area contributed by atoms with Crippen LogP contribution in [0, 0.1) is 0 Å². The Bertz CT molecular complexity index is 1030. The summed E-state index contributed by atoms with van der Waals surface area (Å²) in [6.07, 6.45) is 0. The van der Waals surface area contributed by atoms with Gasteiger partial charge in [0.15, 0.2) is 5.58 Å². The first-order valence-electron chi connectivity index (χ1n) is 8.47. The lowest BCUT2D eigenvalue weighted by Crippen LogP contribution is -1.95. The minimum atomic E-state index is 0.366. The van der Waals surface area contributed by atoms with Crippen LogP contribution in [0.1, 0.15) is 25.3 Å². The number of nitrogens with two attached hydrogens (primary N) is 1. The zero-order chi connectivity index (χ0) is 17.4. The first-order chi connectivity index (χ1) is 12.1. The van der Waals surface area contributed by atoms with Gasteiger partial charge in [-0.15, -0.1) is 0 Å². The lowest BCUT2D eigenvalue weighted by Gasteiger charge is -2.10. The van der Waals surface area contributed by atoms with Crippen molar-refractivity contribution in [2.75, 3.05) is 5.73 Å². The highest BCUT2D eigenvalue weighted by Crippen LogP contribution is 2.33. The van der Waals surface area contributed by atoms with E-state index in [1.807, 2.05) is 36.4 Å². The van der Waals surface area contributed by atoms with E-state index in [0.29, 0.717) is 17.5 Å². The molecule has 3 heteroatoms. The van der Waals surface area contributed by atoms with E-state index in [2.05, 4.69) is 44.2 Å². The largest absolute Gasteiger partial charge is 0.436 e. The van der Waals surface area contributed by atoms with Crippen LogP contribution in [0.4, 0.5) is 5.69 Å². The zero-order valence-corrected chi connectivity index (χ0v) is 14.4. The van der Waals surface area contributed by atoms with Gasteiger partial charge in [-0.2, -0.15) is 0 Å². The molecule has 3 nitrogen and oxygen atoms in total. The Kier molecular flexibility index (Phi) is 3.77. The third-order valence-electron chi connectivity index (χ3n) is 4.42. The lowest BCUT2D eigenvalue weighted by atomic mass is 9.96. The molecule has 1 aromatic heterocycles. The summed E-state index contributed by atoms with van der Waals surface area (Å²) in [5, 5.41) is 0. The molecular formula is C22H20N2O. The SMILES string of the molecule is CC(C)c1ccc(N)cc1-c1nc2cc(-c3ccccc3)ccc2o1. The molecule has 4 rings (SSSR count). The van der Waals surface area contributed by atoms with E-state index in [1.54, 1.807) is 0 Å². The van der Waals surface area contributed by atoms with Crippen LogP contribution in [0.25, 0.3) is 33.7 Å². The van der Waals surface area contributed by atoms with Crippen LogP contribution in [0.15, 0.2) is 71.1 Å². The second kappa shape index (κ2) is 6.10. The molecule has 0 saturated heterocycles. The summed E-state index contributed by atoms with van der Waals surface area (Å²) in [5.41, 5.74) is 12.8. The maximum absolute atomic E-state index is 6.02. The van der Waals surface area contributed by atoms with Crippen molar-refractivity contribution < 1.29 is 4.42 Å². The Hall–Kier alpha value is -3.07. The monoisotopic (exact) mass is 328 g/mol. The first kappa shape index (κ1) is 15.5. The molecule has 0 atom stereocenters. The van der Waals surface area contributed by atoms with Crippen molar-refractivity contribution in [3.8, 4) is 22.6 Å². The smallest absolute Gasteiger partial charge is 0.227 e. The van der Waals surface area contributed by atoms with Gasteiger partial charge in [-0.25, -0.2) is 4.98 Å². The van der Waals surface area contributed by atoms with E-state index in [0.717, 1.165) is 22.2 Å². The number of rotatable bonds is 3. The number of hydrogen-bond acceptors (Lipinski definition) is 3. The highest BCUT2D eigenvalue weighted by Gasteiger charge is 2.15. The predicted molar refractivity (Wildman–Crippen MR) is 103 cm³/mol. The van der Waals surface area contributed by atoms with Crippen molar-refractivity contribution in [3.63, 3.8) is 0 Å². The van der Waals surface area contributed by atoms with Crippen molar-refractivity contribution in [2.45, 2.75) is 19.8 Å². The van der Waals surface area contributed by atoms with Crippen molar-refractivity contribution in [1.82, 2.24) is 4.98 Å². The minimum absolute atomic E-state index is 0.366. The van der Waals surface area contributed by atoms with Crippen LogP contribution in [-0.4, -0.2) is 4.98 Å². The summed E-state index contributed by atoms with van der Waals surface area (Å²) in [7, 11) is 0. The maximum Gasteiger partial charge on any atom is 0.227 e. The molecule has 25 heavy (non-hydrogen) atoms. The topological polar surface area (TPSA) is 52.0 Å². The third-order valence-corrected chi connectivity index (χ3v) is 4.42. The van der Waals surface area contributed by atoms with Gasteiger partial charge in [0.2, 0.25) is 5.89 Å². The van der Waals surface area contributed by atoms with E-state index < -0.39 is 0 Å². The summed E-state index contributed by atoms with van der Waals surface area (Å²) in [6, 6.07) is 22.3. The molecule has 0 spiro atoms. The molecule has 0 radical (unpaired) electrons. The molecule has 2 N–H and O–H groups in total. The van der Waals surface area contributed by atoms with Crippen LogP contribution < -0.4 is 5.73 Å². The maximum atomic E-state index is 6.02. The second-order valence-corrected chi connectivity index (χ2v) is 6.57. The third kappa shape index (κ3) is 2.89. The Morgan fingerprint density at radius 1 is 0.880 bits per heavy atom. The summed E-state index contributed by atoms with van der Waals surface area (Å²) in [6.45, 7) is 4.32. The number of anilines is 1. The first-order valence-corrected chi connectivity index (χ1v) is 8.47. The van der Waals surface area contributed by atoms with Crippen LogP contribution in [-0.2, 0) is 0 Å². The van der Waals surface area contributed by atoms with Crippen LogP contribution in [0.5, 0.6) is 0 Å². The average molecular weight is 328 g/mol. The molecule has 0 unspecified atom stereocenters. The number of nitrogens with zero attached hydrogens (tertiary/aromatic N) is 1. The number of oxazole rings is 1. The van der Waals surface area contributed by atoms with E-state index in [9.17, 15) is 0 Å². The van der Waals surface area contributed by atoms with Crippen molar-refractivity contribution in [3.05, 3.63) is 72.3 Å². The number of benzene rings is 3. The average Bonchev–Trinajstić information content (AvgIpc) is 3.05. The highest BCUT2D eigenvalue weighted by molar-refractivity contribution is 5.83. The van der Waals surface area contributed by atoms with Crippen molar-refractivity contribution in [2.24, 2.45) is 0 Å². The fourth-order valence-electron chi connectivity index (χ4n) is 3.12. The molecule has 1 heterocycles. The van der Waals surface area contributed by atoms with Crippen LogP contribution >= 0.6 is 0 Å². The molecule has 0 saturated carbocycles. The van der Waals surface area contributed by atoms with Gasteiger partial charge >= 0.3 is 0 Å². The minimum Gasteiger partial charge on any atom is -0.436 e. The zero-order valence-electron chi connectivity index (χ0n) is 14.4. The molecule has 124 valence electrons.